The van der Waals surface area contributed by atoms with Crippen LogP contribution in [0.4, 0.5) is 0 Å². The van der Waals surface area contributed by atoms with Crippen molar-refractivity contribution in [3.05, 3.63) is 61.3 Å². The third-order valence-corrected chi connectivity index (χ3v) is 4.00. The summed E-state index contributed by atoms with van der Waals surface area (Å²) in [5.74, 6) is 0.552. The first kappa shape index (κ1) is 14.2. The molecule has 1 N–H and O–H groups in total. The molecule has 2 rings (SSSR count). The minimum absolute atomic E-state index is 0.122. The molecule has 0 aliphatic rings. The Labute approximate surface area is 125 Å². The zero-order valence-corrected chi connectivity index (χ0v) is 13.0. The van der Waals surface area contributed by atoms with Gasteiger partial charge in [0.15, 0.2) is 0 Å². The first-order chi connectivity index (χ1) is 9.13. The van der Waals surface area contributed by atoms with E-state index in [1.165, 1.54) is 0 Å². The van der Waals surface area contributed by atoms with Crippen LogP contribution in [0.5, 0.6) is 0 Å². The number of nitrogens with zero attached hydrogens (tertiary/aromatic N) is 1. The van der Waals surface area contributed by atoms with Crippen LogP contribution in [0.2, 0.25) is 0 Å². The van der Waals surface area contributed by atoms with Crippen LogP contribution in [0.15, 0.2) is 35.1 Å². The second-order valence-corrected chi connectivity index (χ2v) is 5.18. The van der Waals surface area contributed by atoms with Crippen LogP contribution in [-0.4, -0.2) is 16.6 Å². The van der Waals surface area contributed by atoms with Crippen LogP contribution in [0.1, 0.15) is 30.1 Å². The van der Waals surface area contributed by atoms with Gasteiger partial charge in [0.05, 0.1) is 9.26 Å². The molecule has 1 aromatic heterocycles. The number of rotatable bonds is 4. The molecule has 0 amide bonds. The largest absolute Gasteiger partial charge is 0.366 e. The van der Waals surface area contributed by atoms with Crippen LogP contribution >= 0.6 is 22.6 Å². The SMILES string of the molecule is CCOC(c1ccccc1)c1nc(C)c(I)c(=O)[nH]1. The molecule has 0 spiro atoms. The number of ether oxygens (including phenoxy) is 1. The van der Waals surface area contributed by atoms with E-state index in [0.29, 0.717) is 16.0 Å². The first-order valence-corrected chi connectivity index (χ1v) is 7.14. The molecular weight excluding hydrogens is 355 g/mol. The van der Waals surface area contributed by atoms with Crippen molar-refractivity contribution in [3.63, 3.8) is 0 Å². The molecule has 0 aliphatic heterocycles. The summed E-state index contributed by atoms with van der Waals surface area (Å²) in [5.41, 5.74) is 1.58. The van der Waals surface area contributed by atoms with Gasteiger partial charge in [-0.2, -0.15) is 0 Å². The van der Waals surface area contributed by atoms with Gasteiger partial charge in [-0.25, -0.2) is 4.98 Å². The van der Waals surface area contributed by atoms with Gasteiger partial charge in [-0.05, 0) is 42.0 Å². The van der Waals surface area contributed by atoms with Crippen molar-refractivity contribution in [1.82, 2.24) is 9.97 Å². The topological polar surface area (TPSA) is 55.0 Å². The predicted molar refractivity (Wildman–Crippen MR) is 82.2 cm³/mol. The minimum Gasteiger partial charge on any atom is -0.366 e. The maximum absolute atomic E-state index is 11.8. The Morgan fingerprint density at radius 3 is 2.63 bits per heavy atom. The maximum atomic E-state index is 11.8. The maximum Gasteiger partial charge on any atom is 0.264 e. The molecule has 2 aromatic rings. The van der Waals surface area contributed by atoms with E-state index in [9.17, 15) is 4.79 Å². The van der Waals surface area contributed by atoms with Crippen LogP contribution in [-0.2, 0) is 4.74 Å². The number of halogens is 1. The normalized spacial score (nSPS) is 12.4. The van der Waals surface area contributed by atoms with Gasteiger partial charge in [-0.15, -0.1) is 0 Å². The highest BCUT2D eigenvalue weighted by Crippen LogP contribution is 2.22. The van der Waals surface area contributed by atoms with Gasteiger partial charge >= 0.3 is 0 Å². The molecular formula is C14H15IN2O2. The molecule has 4 nitrogen and oxygen atoms in total. The lowest BCUT2D eigenvalue weighted by atomic mass is 10.1. The molecule has 0 radical (unpaired) electrons. The van der Waals surface area contributed by atoms with Crippen molar-refractivity contribution in [1.29, 1.82) is 0 Å². The van der Waals surface area contributed by atoms with Crippen LogP contribution in [0, 0.1) is 10.5 Å². The molecule has 100 valence electrons. The lowest BCUT2D eigenvalue weighted by molar-refractivity contribution is 0.0847. The molecule has 0 aliphatic carbocycles. The third kappa shape index (κ3) is 3.22. The number of aromatic nitrogens is 2. The Morgan fingerprint density at radius 2 is 2.05 bits per heavy atom. The number of hydrogen-bond acceptors (Lipinski definition) is 3. The Morgan fingerprint density at radius 1 is 1.37 bits per heavy atom. The number of benzene rings is 1. The fraction of sp³-hybridized carbons (Fsp3) is 0.286. The summed E-state index contributed by atoms with van der Waals surface area (Å²) in [7, 11) is 0. The van der Waals surface area contributed by atoms with Gasteiger partial charge < -0.3 is 9.72 Å². The predicted octanol–water partition coefficient (Wildman–Crippen LogP) is 2.81. The van der Waals surface area contributed by atoms with Crippen LogP contribution in [0.3, 0.4) is 0 Å². The number of H-pyrrole nitrogens is 1. The Hall–Kier alpha value is -1.21. The summed E-state index contributed by atoms with van der Waals surface area (Å²) >= 11 is 2.00. The summed E-state index contributed by atoms with van der Waals surface area (Å²) in [4.78, 5) is 19.1. The van der Waals surface area contributed by atoms with Gasteiger partial charge in [0.25, 0.3) is 5.56 Å². The smallest absolute Gasteiger partial charge is 0.264 e. The van der Waals surface area contributed by atoms with Crippen LogP contribution in [0.25, 0.3) is 0 Å². The van der Waals surface area contributed by atoms with Crippen molar-refractivity contribution in [2.75, 3.05) is 6.61 Å². The average Bonchev–Trinajstić information content (AvgIpc) is 2.42. The molecule has 0 bridgehead atoms. The van der Waals surface area contributed by atoms with Gasteiger partial charge in [-0.3, -0.25) is 4.79 Å². The number of hydrogen-bond donors (Lipinski definition) is 1. The van der Waals surface area contributed by atoms with Crippen molar-refractivity contribution in [2.24, 2.45) is 0 Å². The Bertz CT molecular complexity index is 611. The van der Waals surface area contributed by atoms with E-state index in [0.717, 1.165) is 11.3 Å². The van der Waals surface area contributed by atoms with Crippen LogP contribution < -0.4 is 5.56 Å². The van der Waals surface area contributed by atoms with Crippen molar-refractivity contribution in [3.8, 4) is 0 Å². The van der Waals surface area contributed by atoms with Gasteiger partial charge in [-0.1, -0.05) is 30.3 Å². The Kier molecular flexibility index (Phi) is 4.71. The average molecular weight is 370 g/mol. The highest BCUT2D eigenvalue weighted by molar-refractivity contribution is 14.1. The van der Waals surface area contributed by atoms with E-state index >= 15 is 0 Å². The summed E-state index contributed by atoms with van der Waals surface area (Å²) in [6.45, 7) is 4.30. The van der Waals surface area contributed by atoms with E-state index in [4.69, 9.17) is 4.74 Å². The third-order valence-electron chi connectivity index (χ3n) is 2.73. The first-order valence-electron chi connectivity index (χ1n) is 6.06. The molecule has 0 saturated carbocycles. The lowest BCUT2D eigenvalue weighted by Gasteiger charge is -2.17. The molecule has 1 atom stereocenters. The fourth-order valence-electron chi connectivity index (χ4n) is 1.84. The summed E-state index contributed by atoms with van der Waals surface area (Å²) in [5, 5.41) is 0. The molecule has 0 saturated heterocycles. The van der Waals surface area contributed by atoms with Gasteiger partial charge in [0, 0.05) is 6.61 Å². The minimum atomic E-state index is -0.338. The molecule has 1 heterocycles. The molecule has 5 heteroatoms. The monoisotopic (exact) mass is 370 g/mol. The number of aryl methyl sites for hydroxylation is 1. The molecule has 1 aromatic carbocycles. The summed E-state index contributed by atoms with van der Waals surface area (Å²) in [6.07, 6.45) is -0.338. The van der Waals surface area contributed by atoms with E-state index in [1.807, 2.05) is 66.8 Å². The zero-order valence-electron chi connectivity index (χ0n) is 10.8. The summed E-state index contributed by atoms with van der Waals surface area (Å²) in [6, 6.07) is 9.77. The number of nitrogens with one attached hydrogen (secondary N) is 1. The van der Waals surface area contributed by atoms with E-state index in [1.54, 1.807) is 0 Å². The van der Waals surface area contributed by atoms with Gasteiger partial charge in [0.1, 0.15) is 11.9 Å². The lowest BCUT2D eigenvalue weighted by Crippen LogP contribution is -2.20. The van der Waals surface area contributed by atoms with Gasteiger partial charge in [0.2, 0.25) is 0 Å². The van der Waals surface area contributed by atoms with E-state index in [2.05, 4.69) is 9.97 Å². The number of aromatic amines is 1. The van der Waals surface area contributed by atoms with E-state index in [-0.39, 0.29) is 11.7 Å². The van der Waals surface area contributed by atoms with E-state index < -0.39 is 0 Å². The second kappa shape index (κ2) is 6.29. The quantitative estimate of drug-likeness (QED) is 0.843. The molecule has 0 fully saturated rings. The highest BCUT2D eigenvalue weighted by Gasteiger charge is 2.18. The molecule has 19 heavy (non-hydrogen) atoms. The molecule has 1 unspecified atom stereocenters. The Balaban J connectivity index is 2.48. The van der Waals surface area contributed by atoms with Crippen molar-refractivity contribution >= 4 is 22.6 Å². The second-order valence-electron chi connectivity index (χ2n) is 4.10. The summed E-state index contributed by atoms with van der Waals surface area (Å²) < 4.78 is 6.34. The standard InChI is InChI=1S/C14H15IN2O2/c1-3-19-12(10-7-5-4-6-8-10)13-16-9(2)11(15)14(18)17-13/h4-8,12H,3H2,1-2H3,(H,16,17,18). The van der Waals surface area contributed by atoms with Crippen molar-refractivity contribution < 1.29 is 4.74 Å². The zero-order chi connectivity index (χ0) is 13.8. The fourth-order valence-corrected chi connectivity index (χ4v) is 2.10. The highest BCUT2D eigenvalue weighted by atomic mass is 127. The van der Waals surface area contributed by atoms with Crippen molar-refractivity contribution in [2.45, 2.75) is 20.0 Å².